The molecule has 2 aromatic rings. The van der Waals surface area contributed by atoms with E-state index in [4.69, 9.17) is 5.26 Å². The summed E-state index contributed by atoms with van der Waals surface area (Å²) in [6, 6.07) is 16.8. The molecule has 0 aromatic heterocycles. The van der Waals surface area contributed by atoms with Crippen LogP contribution in [-0.4, -0.2) is 11.8 Å². The molecule has 0 unspecified atom stereocenters. The number of para-hydroxylation sites is 1. The van der Waals surface area contributed by atoms with Crippen molar-refractivity contribution in [2.45, 2.75) is 19.9 Å². The predicted octanol–water partition coefficient (Wildman–Crippen LogP) is 3.18. The average Bonchev–Trinajstić information content (AvgIpc) is 2.59. The SMILES string of the molecule is Cc1cccc(/C=C/C(=O)NCc2ccccc2NC(=O)CC#N)c1. The molecule has 0 fully saturated rings. The number of amides is 2. The second-order valence-corrected chi connectivity index (χ2v) is 5.51. The molecule has 2 N–H and O–H groups in total. The van der Waals surface area contributed by atoms with Crippen LogP contribution in [0.4, 0.5) is 5.69 Å². The van der Waals surface area contributed by atoms with Gasteiger partial charge in [0.1, 0.15) is 6.42 Å². The van der Waals surface area contributed by atoms with Gasteiger partial charge in [-0.3, -0.25) is 9.59 Å². The molecular formula is C20H19N3O2. The third kappa shape index (κ3) is 5.96. The van der Waals surface area contributed by atoms with Gasteiger partial charge in [-0.25, -0.2) is 0 Å². The first-order valence-corrected chi connectivity index (χ1v) is 7.86. The number of rotatable bonds is 6. The van der Waals surface area contributed by atoms with Crippen molar-refractivity contribution in [1.29, 1.82) is 5.26 Å². The number of nitrogens with one attached hydrogen (secondary N) is 2. The Hall–Kier alpha value is -3.39. The Morgan fingerprint density at radius 2 is 1.96 bits per heavy atom. The Labute approximate surface area is 147 Å². The minimum absolute atomic E-state index is 0.208. The van der Waals surface area contributed by atoms with Crippen LogP contribution < -0.4 is 10.6 Å². The van der Waals surface area contributed by atoms with E-state index in [2.05, 4.69) is 10.6 Å². The minimum Gasteiger partial charge on any atom is -0.348 e. The van der Waals surface area contributed by atoms with Crippen molar-refractivity contribution in [2.24, 2.45) is 0 Å². The number of carbonyl (C=O) groups is 2. The highest BCUT2D eigenvalue weighted by Crippen LogP contribution is 2.15. The molecule has 126 valence electrons. The summed E-state index contributed by atoms with van der Waals surface area (Å²) in [6.07, 6.45) is 3.02. The van der Waals surface area contributed by atoms with E-state index in [1.165, 1.54) is 6.08 Å². The molecule has 5 nitrogen and oxygen atoms in total. The van der Waals surface area contributed by atoms with Gasteiger partial charge in [-0.2, -0.15) is 5.26 Å². The van der Waals surface area contributed by atoms with Crippen LogP contribution in [0.5, 0.6) is 0 Å². The molecule has 0 saturated heterocycles. The number of nitriles is 1. The number of aryl methyl sites for hydroxylation is 1. The van der Waals surface area contributed by atoms with E-state index in [-0.39, 0.29) is 24.8 Å². The molecule has 2 aromatic carbocycles. The highest BCUT2D eigenvalue weighted by Gasteiger charge is 2.06. The molecule has 0 aliphatic carbocycles. The van der Waals surface area contributed by atoms with Crippen molar-refractivity contribution in [1.82, 2.24) is 5.32 Å². The van der Waals surface area contributed by atoms with Crippen molar-refractivity contribution < 1.29 is 9.59 Å². The average molecular weight is 333 g/mol. The largest absolute Gasteiger partial charge is 0.348 e. The highest BCUT2D eigenvalue weighted by atomic mass is 16.2. The zero-order valence-electron chi connectivity index (χ0n) is 14.0. The van der Waals surface area contributed by atoms with E-state index in [0.717, 1.165) is 16.7 Å². The molecule has 25 heavy (non-hydrogen) atoms. The fourth-order valence-electron chi connectivity index (χ4n) is 2.25. The van der Waals surface area contributed by atoms with Gasteiger partial charge in [0.15, 0.2) is 0 Å². The lowest BCUT2D eigenvalue weighted by molar-refractivity contribution is -0.116. The predicted molar refractivity (Wildman–Crippen MR) is 97.4 cm³/mol. The highest BCUT2D eigenvalue weighted by molar-refractivity contribution is 5.93. The third-order valence-corrected chi connectivity index (χ3v) is 3.45. The smallest absolute Gasteiger partial charge is 0.244 e. The van der Waals surface area contributed by atoms with E-state index in [9.17, 15) is 9.59 Å². The Morgan fingerprint density at radius 1 is 1.16 bits per heavy atom. The summed E-state index contributed by atoms with van der Waals surface area (Å²) in [4.78, 5) is 23.5. The van der Waals surface area contributed by atoms with Gasteiger partial charge >= 0.3 is 0 Å². The van der Waals surface area contributed by atoms with Gasteiger partial charge in [0, 0.05) is 18.3 Å². The second kappa shape index (κ2) is 9.04. The van der Waals surface area contributed by atoms with E-state index >= 15 is 0 Å². The summed E-state index contributed by atoms with van der Waals surface area (Å²) in [5, 5.41) is 14.0. The summed E-state index contributed by atoms with van der Waals surface area (Å²) in [7, 11) is 0. The van der Waals surface area contributed by atoms with E-state index in [1.54, 1.807) is 24.3 Å². The first kappa shape index (κ1) is 18.0. The monoisotopic (exact) mass is 333 g/mol. The zero-order valence-corrected chi connectivity index (χ0v) is 14.0. The number of hydrogen-bond acceptors (Lipinski definition) is 3. The standard InChI is InChI=1S/C20H19N3O2/c1-15-5-4-6-16(13-15)9-10-19(24)22-14-17-7-2-3-8-18(17)23-20(25)11-12-21/h2-10,13H,11,14H2,1H3,(H,22,24)(H,23,25)/b10-9+. The molecule has 0 heterocycles. The van der Waals surface area contributed by atoms with Crippen LogP contribution in [0.1, 0.15) is 23.1 Å². The first-order chi connectivity index (χ1) is 12.1. The maximum atomic E-state index is 12.0. The summed E-state index contributed by atoms with van der Waals surface area (Å²) in [6.45, 7) is 2.27. The van der Waals surface area contributed by atoms with Crippen LogP contribution in [-0.2, 0) is 16.1 Å². The van der Waals surface area contributed by atoms with Gasteiger partial charge < -0.3 is 10.6 Å². The molecule has 0 bridgehead atoms. The van der Waals surface area contributed by atoms with E-state index < -0.39 is 0 Å². The topological polar surface area (TPSA) is 82.0 Å². The van der Waals surface area contributed by atoms with Gasteiger partial charge in [0.05, 0.1) is 6.07 Å². The van der Waals surface area contributed by atoms with Gasteiger partial charge in [-0.15, -0.1) is 0 Å². The Morgan fingerprint density at radius 3 is 2.72 bits per heavy atom. The second-order valence-electron chi connectivity index (χ2n) is 5.51. The maximum absolute atomic E-state index is 12.0. The summed E-state index contributed by atoms with van der Waals surface area (Å²) in [5.74, 6) is -0.597. The zero-order chi connectivity index (χ0) is 18.1. The number of carbonyl (C=O) groups excluding carboxylic acids is 2. The number of benzene rings is 2. The lowest BCUT2D eigenvalue weighted by Crippen LogP contribution is -2.21. The molecule has 5 heteroatoms. The molecular weight excluding hydrogens is 314 g/mol. The summed E-state index contributed by atoms with van der Waals surface area (Å²) >= 11 is 0. The lowest BCUT2D eigenvalue weighted by atomic mass is 10.1. The van der Waals surface area contributed by atoms with Crippen molar-refractivity contribution in [3.8, 4) is 6.07 Å². The Kier molecular flexibility index (Phi) is 6.49. The Balaban J connectivity index is 1.95. The van der Waals surface area contributed by atoms with Crippen molar-refractivity contribution in [3.63, 3.8) is 0 Å². The van der Waals surface area contributed by atoms with Crippen LogP contribution in [0.3, 0.4) is 0 Å². The molecule has 0 atom stereocenters. The van der Waals surface area contributed by atoms with Crippen molar-refractivity contribution in [2.75, 3.05) is 5.32 Å². The van der Waals surface area contributed by atoms with Gasteiger partial charge in [-0.05, 0) is 30.2 Å². The summed E-state index contributed by atoms with van der Waals surface area (Å²) < 4.78 is 0. The van der Waals surface area contributed by atoms with E-state index in [1.807, 2.05) is 43.3 Å². The van der Waals surface area contributed by atoms with Crippen molar-refractivity contribution in [3.05, 3.63) is 71.3 Å². The van der Waals surface area contributed by atoms with Gasteiger partial charge in [-0.1, -0.05) is 48.0 Å². The maximum Gasteiger partial charge on any atom is 0.244 e. The lowest BCUT2D eigenvalue weighted by Gasteiger charge is -2.10. The number of hydrogen-bond donors (Lipinski definition) is 2. The third-order valence-electron chi connectivity index (χ3n) is 3.45. The van der Waals surface area contributed by atoms with Crippen molar-refractivity contribution >= 4 is 23.6 Å². The molecule has 0 aliphatic rings. The number of nitrogens with zero attached hydrogens (tertiary/aromatic N) is 1. The minimum atomic E-state index is -0.374. The fraction of sp³-hybridized carbons (Fsp3) is 0.150. The molecule has 0 radical (unpaired) electrons. The molecule has 2 rings (SSSR count). The van der Waals surface area contributed by atoms with Gasteiger partial charge in [0.2, 0.25) is 11.8 Å². The fourth-order valence-corrected chi connectivity index (χ4v) is 2.25. The molecule has 0 spiro atoms. The first-order valence-electron chi connectivity index (χ1n) is 7.86. The Bertz CT molecular complexity index is 835. The quantitative estimate of drug-likeness (QED) is 0.797. The molecule has 0 saturated carbocycles. The normalized spacial score (nSPS) is 10.2. The van der Waals surface area contributed by atoms with Crippen LogP contribution in [0, 0.1) is 18.3 Å². The number of anilines is 1. The van der Waals surface area contributed by atoms with E-state index in [0.29, 0.717) is 5.69 Å². The van der Waals surface area contributed by atoms with Crippen LogP contribution in [0.15, 0.2) is 54.6 Å². The van der Waals surface area contributed by atoms with Crippen LogP contribution >= 0.6 is 0 Å². The van der Waals surface area contributed by atoms with Gasteiger partial charge in [0.25, 0.3) is 0 Å². The van der Waals surface area contributed by atoms with Crippen LogP contribution in [0.25, 0.3) is 6.08 Å². The summed E-state index contributed by atoms with van der Waals surface area (Å²) in [5.41, 5.74) is 3.45. The molecule has 2 amide bonds. The molecule has 0 aliphatic heterocycles. The van der Waals surface area contributed by atoms with Crippen LogP contribution in [0.2, 0.25) is 0 Å².